The van der Waals surface area contributed by atoms with Crippen LogP contribution in [0.25, 0.3) is 11.5 Å². The zero-order chi connectivity index (χ0) is 10.8. The summed E-state index contributed by atoms with van der Waals surface area (Å²) in [4.78, 5) is 0. The summed E-state index contributed by atoms with van der Waals surface area (Å²) in [5.41, 5.74) is 5.31. The number of nitrogens with zero attached hydrogens (tertiary/aromatic N) is 2. The second-order valence-electron chi connectivity index (χ2n) is 2.83. The van der Waals surface area contributed by atoms with Crippen LogP contribution in [0.1, 0.15) is 5.89 Å². The van der Waals surface area contributed by atoms with Crippen LogP contribution in [0.15, 0.2) is 22.6 Å². The van der Waals surface area contributed by atoms with Crippen molar-refractivity contribution in [2.45, 2.75) is 6.54 Å². The minimum absolute atomic E-state index is 0.00653. The first-order valence-electron chi connectivity index (χ1n) is 4.18. The number of nitrogens with two attached hydrogens (primary N) is 1. The normalized spacial score (nSPS) is 10.6. The van der Waals surface area contributed by atoms with Crippen molar-refractivity contribution in [3.63, 3.8) is 0 Å². The van der Waals surface area contributed by atoms with Gasteiger partial charge in [-0.25, -0.2) is 8.78 Å². The Labute approximate surface area is 83.7 Å². The highest BCUT2D eigenvalue weighted by Gasteiger charge is 2.12. The van der Waals surface area contributed by atoms with Crippen LogP contribution in [-0.4, -0.2) is 10.2 Å². The first-order valence-corrected chi connectivity index (χ1v) is 4.18. The van der Waals surface area contributed by atoms with Crippen LogP contribution >= 0.6 is 0 Å². The van der Waals surface area contributed by atoms with Crippen molar-refractivity contribution in [2.24, 2.45) is 5.73 Å². The maximum absolute atomic E-state index is 13.3. The van der Waals surface area contributed by atoms with Gasteiger partial charge in [-0.15, -0.1) is 10.2 Å². The van der Waals surface area contributed by atoms with Crippen LogP contribution in [0.3, 0.4) is 0 Å². The average Bonchev–Trinajstić information content (AvgIpc) is 2.66. The molecule has 1 aromatic heterocycles. The molecule has 2 aromatic rings. The van der Waals surface area contributed by atoms with E-state index < -0.39 is 11.6 Å². The van der Waals surface area contributed by atoms with E-state index in [4.69, 9.17) is 10.2 Å². The highest BCUT2D eigenvalue weighted by molar-refractivity contribution is 5.53. The van der Waals surface area contributed by atoms with Crippen molar-refractivity contribution >= 4 is 0 Å². The maximum atomic E-state index is 13.3. The van der Waals surface area contributed by atoms with E-state index in [0.717, 1.165) is 12.1 Å². The van der Waals surface area contributed by atoms with Crippen LogP contribution in [0, 0.1) is 11.6 Å². The SMILES string of the molecule is NCc1nnc(-c2ccc(F)cc2F)o1. The summed E-state index contributed by atoms with van der Waals surface area (Å²) in [6, 6.07) is 3.10. The summed E-state index contributed by atoms with van der Waals surface area (Å²) in [5.74, 6) is -1.21. The molecule has 0 saturated heterocycles. The third kappa shape index (κ3) is 1.84. The van der Waals surface area contributed by atoms with Crippen molar-refractivity contribution < 1.29 is 13.2 Å². The molecule has 1 aromatic carbocycles. The van der Waals surface area contributed by atoms with Gasteiger partial charge in [0.05, 0.1) is 12.1 Å². The van der Waals surface area contributed by atoms with E-state index in [-0.39, 0.29) is 23.9 Å². The predicted octanol–water partition coefficient (Wildman–Crippen LogP) is 1.47. The highest BCUT2D eigenvalue weighted by Crippen LogP contribution is 2.21. The molecule has 6 heteroatoms. The van der Waals surface area contributed by atoms with E-state index in [1.807, 2.05) is 0 Å². The fourth-order valence-corrected chi connectivity index (χ4v) is 1.11. The predicted molar refractivity (Wildman–Crippen MR) is 47.5 cm³/mol. The van der Waals surface area contributed by atoms with Crippen molar-refractivity contribution in [3.8, 4) is 11.5 Å². The van der Waals surface area contributed by atoms with Gasteiger partial charge in [0.2, 0.25) is 5.89 Å². The zero-order valence-corrected chi connectivity index (χ0v) is 7.58. The van der Waals surface area contributed by atoms with Crippen molar-refractivity contribution in [1.29, 1.82) is 0 Å². The van der Waals surface area contributed by atoms with Gasteiger partial charge in [-0.05, 0) is 12.1 Å². The lowest BCUT2D eigenvalue weighted by Gasteiger charge is -1.96. The Balaban J connectivity index is 2.44. The molecular weight excluding hydrogens is 204 g/mol. The molecule has 15 heavy (non-hydrogen) atoms. The zero-order valence-electron chi connectivity index (χ0n) is 7.58. The number of hydrogen-bond acceptors (Lipinski definition) is 4. The number of benzene rings is 1. The van der Waals surface area contributed by atoms with Crippen LogP contribution in [0.5, 0.6) is 0 Å². The number of rotatable bonds is 2. The lowest BCUT2D eigenvalue weighted by atomic mass is 10.2. The summed E-state index contributed by atoms with van der Waals surface area (Å²) >= 11 is 0. The molecule has 0 fully saturated rings. The number of aromatic nitrogens is 2. The van der Waals surface area contributed by atoms with E-state index >= 15 is 0 Å². The van der Waals surface area contributed by atoms with Gasteiger partial charge in [-0.3, -0.25) is 0 Å². The van der Waals surface area contributed by atoms with Gasteiger partial charge in [-0.2, -0.15) is 0 Å². The van der Waals surface area contributed by atoms with Crippen LogP contribution < -0.4 is 5.73 Å². The molecule has 2 N–H and O–H groups in total. The second kappa shape index (κ2) is 3.74. The van der Waals surface area contributed by atoms with Gasteiger partial charge in [-0.1, -0.05) is 0 Å². The van der Waals surface area contributed by atoms with Gasteiger partial charge < -0.3 is 10.2 Å². The Morgan fingerprint density at radius 3 is 2.67 bits per heavy atom. The quantitative estimate of drug-likeness (QED) is 0.816. The van der Waals surface area contributed by atoms with E-state index in [0.29, 0.717) is 0 Å². The molecule has 1 heterocycles. The molecule has 0 unspecified atom stereocenters. The Morgan fingerprint density at radius 1 is 1.27 bits per heavy atom. The van der Waals surface area contributed by atoms with Crippen molar-refractivity contribution in [2.75, 3.05) is 0 Å². The van der Waals surface area contributed by atoms with Gasteiger partial charge >= 0.3 is 0 Å². The monoisotopic (exact) mass is 211 g/mol. The number of hydrogen-bond donors (Lipinski definition) is 1. The Kier molecular flexibility index (Phi) is 2.42. The topological polar surface area (TPSA) is 64.9 Å². The largest absolute Gasteiger partial charge is 0.419 e. The van der Waals surface area contributed by atoms with Gasteiger partial charge in [0.25, 0.3) is 5.89 Å². The minimum atomic E-state index is -0.748. The fraction of sp³-hybridized carbons (Fsp3) is 0.111. The summed E-state index contributed by atoms with van der Waals surface area (Å²) in [7, 11) is 0. The lowest BCUT2D eigenvalue weighted by molar-refractivity contribution is 0.503. The van der Waals surface area contributed by atoms with Crippen LogP contribution in [0.2, 0.25) is 0 Å². The second-order valence-corrected chi connectivity index (χ2v) is 2.83. The standard InChI is InChI=1S/C9H7F2N3O/c10-5-1-2-6(7(11)3-5)9-14-13-8(4-12)15-9/h1-3H,4,12H2. The molecule has 0 aliphatic rings. The van der Waals surface area contributed by atoms with E-state index in [1.54, 1.807) is 0 Å². The molecule has 78 valence electrons. The minimum Gasteiger partial charge on any atom is -0.419 e. The summed E-state index contributed by atoms with van der Waals surface area (Å²) < 4.78 is 30.9. The Morgan fingerprint density at radius 2 is 2.07 bits per heavy atom. The molecule has 0 spiro atoms. The van der Waals surface area contributed by atoms with Crippen molar-refractivity contribution in [3.05, 3.63) is 35.7 Å². The smallest absolute Gasteiger partial charge is 0.250 e. The first kappa shape index (κ1) is 9.72. The van der Waals surface area contributed by atoms with Gasteiger partial charge in [0.15, 0.2) is 0 Å². The molecule has 0 saturated carbocycles. The molecule has 0 aliphatic carbocycles. The molecule has 0 bridgehead atoms. The Bertz CT molecular complexity index is 484. The van der Waals surface area contributed by atoms with Crippen LogP contribution in [-0.2, 0) is 6.54 Å². The van der Waals surface area contributed by atoms with Crippen LogP contribution in [0.4, 0.5) is 8.78 Å². The molecular formula is C9H7F2N3O. The maximum Gasteiger partial charge on any atom is 0.250 e. The summed E-state index contributed by atoms with van der Waals surface area (Å²) in [6.45, 7) is 0.0792. The van der Waals surface area contributed by atoms with Crippen molar-refractivity contribution in [1.82, 2.24) is 10.2 Å². The first-order chi connectivity index (χ1) is 7.20. The summed E-state index contributed by atoms with van der Waals surface area (Å²) in [5, 5.41) is 7.16. The third-order valence-corrected chi connectivity index (χ3v) is 1.80. The molecule has 0 amide bonds. The van der Waals surface area contributed by atoms with Gasteiger partial charge in [0.1, 0.15) is 11.6 Å². The summed E-state index contributed by atoms with van der Waals surface area (Å²) in [6.07, 6.45) is 0. The molecule has 4 nitrogen and oxygen atoms in total. The highest BCUT2D eigenvalue weighted by atomic mass is 19.1. The third-order valence-electron chi connectivity index (χ3n) is 1.80. The molecule has 0 aliphatic heterocycles. The number of halogens is 2. The molecule has 2 rings (SSSR count). The van der Waals surface area contributed by atoms with E-state index in [1.165, 1.54) is 6.07 Å². The Hall–Kier alpha value is -1.82. The van der Waals surface area contributed by atoms with E-state index in [9.17, 15) is 8.78 Å². The van der Waals surface area contributed by atoms with E-state index in [2.05, 4.69) is 10.2 Å². The van der Waals surface area contributed by atoms with Gasteiger partial charge in [0, 0.05) is 6.07 Å². The molecule has 0 atom stereocenters. The average molecular weight is 211 g/mol. The fourth-order valence-electron chi connectivity index (χ4n) is 1.11. The molecule has 0 radical (unpaired) electrons. The lowest BCUT2D eigenvalue weighted by Crippen LogP contribution is -1.95.